The van der Waals surface area contributed by atoms with Crippen LogP contribution in [0.1, 0.15) is 5.56 Å². The molecule has 84 valence electrons. The van der Waals surface area contributed by atoms with E-state index in [1.165, 1.54) is 5.01 Å². The lowest BCUT2D eigenvalue weighted by atomic mass is 10.1. The fourth-order valence-electron chi connectivity index (χ4n) is 1.98. The molecular formula is C12H9N3OS. The highest BCUT2D eigenvalue weighted by atomic mass is 32.2. The van der Waals surface area contributed by atoms with E-state index in [1.807, 2.05) is 0 Å². The van der Waals surface area contributed by atoms with Crippen molar-refractivity contribution in [3.05, 3.63) is 29.8 Å². The molecule has 0 aromatic heterocycles. The second-order valence-corrected chi connectivity index (χ2v) is 5.00. The largest absolute Gasteiger partial charge is 0.272 e. The van der Waals surface area contributed by atoms with Gasteiger partial charge in [-0.05, 0) is 24.3 Å². The second-order valence-electron chi connectivity index (χ2n) is 3.97. The number of hydrogen-bond acceptors (Lipinski definition) is 4. The van der Waals surface area contributed by atoms with Gasteiger partial charge in [0.1, 0.15) is 0 Å². The summed E-state index contributed by atoms with van der Waals surface area (Å²) < 4.78 is 0. The number of thioether (sulfide) groups is 1. The van der Waals surface area contributed by atoms with E-state index in [4.69, 9.17) is 5.26 Å². The number of hydrogen-bond donors (Lipinski definition) is 0. The van der Waals surface area contributed by atoms with Crippen molar-refractivity contribution in [1.29, 1.82) is 5.26 Å². The average molecular weight is 243 g/mol. The van der Waals surface area contributed by atoms with E-state index in [-0.39, 0.29) is 11.8 Å². The Balaban J connectivity index is 1.92. The molecule has 0 bridgehead atoms. The molecule has 17 heavy (non-hydrogen) atoms. The van der Waals surface area contributed by atoms with E-state index in [2.05, 4.69) is 11.2 Å². The van der Waals surface area contributed by atoms with Gasteiger partial charge in [-0.1, -0.05) is 0 Å². The molecule has 0 saturated carbocycles. The Bertz CT molecular complexity index is 544. The Kier molecular flexibility index (Phi) is 2.37. The van der Waals surface area contributed by atoms with Crippen LogP contribution in [-0.4, -0.2) is 23.1 Å². The van der Waals surface area contributed by atoms with Crippen LogP contribution in [-0.2, 0) is 4.79 Å². The number of carbonyl (C=O) groups is 1. The zero-order valence-corrected chi connectivity index (χ0v) is 9.78. The lowest BCUT2D eigenvalue weighted by molar-refractivity contribution is -0.119. The molecule has 1 fully saturated rings. The van der Waals surface area contributed by atoms with Crippen LogP contribution in [0.15, 0.2) is 29.4 Å². The van der Waals surface area contributed by atoms with E-state index in [1.54, 1.807) is 36.0 Å². The standard InChI is InChI=1S/C12H9N3OS/c13-5-8-1-3-9(4-2-8)15-12(16)10-6-17-7-11(10)14-15/h1-4,10H,6-7H2. The molecule has 1 unspecified atom stereocenters. The molecule has 1 atom stereocenters. The van der Waals surface area contributed by atoms with Gasteiger partial charge >= 0.3 is 0 Å². The molecular weight excluding hydrogens is 234 g/mol. The van der Waals surface area contributed by atoms with Crippen LogP contribution in [0, 0.1) is 17.2 Å². The van der Waals surface area contributed by atoms with Crippen molar-refractivity contribution in [3.63, 3.8) is 0 Å². The van der Waals surface area contributed by atoms with Crippen molar-refractivity contribution >= 4 is 29.1 Å². The summed E-state index contributed by atoms with van der Waals surface area (Å²) in [4.78, 5) is 12.1. The first kappa shape index (κ1) is 10.4. The molecule has 0 aliphatic carbocycles. The molecule has 1 saturated heterocycles. The Hall–Kier alpha value is -1.80. The van der Waals surface area contributed by atoms with Gasteiger partial charge in [0.25, 0.3) is 5.91 Å². The van der Waals surface area contributed by atoms with Gasteiger partial charge < -0.3 is 0 Å². The molecule has 1 amide bonds. The quantitative estimate of drug-likeness (QED) is 0.753. The predicted molar refractivity (Wildman–Crippen MR) is 66.9 cm³/mol. The van der Waals surface area contributed by atoms with Crippen molar-refractivity contribution in [3.8, 4) is 6.07 Å². The third-order valence-electron chi connectivity index (χ3n) is 2.91. The average Bonchev–Trinajstić information content (AvgIpc) is 2.93. The van der Waals surface area contributed by atoms with Gasteiger partial charge in [0.15, 0.2) is 0 Å². The number of amides is 1. The topological polar surface area (TPSA) is 56.5 Å². The van der Waals surface area contributed by atoms with Crippen LogP contribution in [0.25, 0.3) is 0 Å². The molecule has 2 heterocycles. The number of benzene rings is 1. The first-order chi connectivity index (χ1) is 8.29. The van der Waals surface area contributed by atoms with Crippen LogP contribution in [0.2, 0.25) is 0 Å². The number of rotatable bonds is 1. The van der Waals surface area contributed by atoms with Crippen LogP contribution in [0.3, 0.4) is 0 Å². The zero-order valence-electron chi connectivity index (χ0n) is 8.96. The molecule has 4 nitrogen and oxygen atoms in total. The highest BCUT2D eigenvalue weighted by Gasteiger charge is 2.39. The number of hydrazone groups is 1. The Morgan fingerprint density at radius 2 is 2.18 bits per heavy atom. The molecule has 1 aromatic rings. The summed E-state index contributed by atoms with van der Waals surface area (Å²) in [5, 5.41) is 14.5. The first-order valence-corrected chi connectivity index (χ1v) is 6.44. The minimum absolute atomic E-state index is 0.0318. The zero-order chi connectivity index (χ0) is 11.8. The maximum absolute atomic E-state index is 12.1. The highest BCUT2D eigenvalue weighted by molar-refractivity contribution is 8.00. The monoisotopic (exact) mass is 243 g/mol. The summed E-state index contributed by atoms with van der Waals surface area (Å²) in [6, 6.07) is 8.97. The third-order valence-corrected chi connectivity index (χ3v) is 3.98. The van der Waals surface area contributed by atoms with Gasteiger partial charge in [0.2, 0.25) is 0 Å². The van der Waals surface area contributed by atoms with Crippen molar-refractivity contribution in [2.75, 3.05) is 16.5 Å². The van der Waals surface area contributed by atoms with Gasteiger partial charge in [0, 0.05) is 11.5 Å². The van der Waals surface area contributed by atoms with E-state index in [0.29, 0.717) is 5.56 Å². The van der Waals surface area contributed by atoms with Crippen LogP contribution in [0.4, 0.5) is 5.69 Å². The maximum atomic E-state index is 12.1. The smallest absolute Gasteiger partial charge is 0.257 e. The molecule has 0 radical (unpaired) electrons. The van der Waals surface area contributed by atoms with Gasteiger partial charge in [-0.2, -0.15) is 22.1 Å². The number of nitrogens with zero attached hydrogens (tertiary/aromatic N) is 3. The van der Waals surface area contributed by atoms with Gasteiger partial charge in [-0.15, -0.1) is 0 Å². The summed E-state index contributed by atoms with van der Waals surface area (Å²) in [6.45, 7) is 0. The van der Waals surface area contributed by atoms with Gasteiger partial charge in [-0.3, -0.25) is 4.79 Å². The fourth-order valence-corrected chi connectivity index (χ4v) is 3.13. The highest BCUT2D eigenvalue weighted by Crippen LogP contribution is 2.31. The van der Waals surface area contributed by atoms with E-state index in [0.717, 1.165) is 22.9 Å². The van der Waals surface area contributed by atoms with Crippen LogP contribution < -0.4 is 5.01 Å². The summed E-state index contributed by atoms with van der Waals surface area (Å²) in [5.41, 5.74) is 2.30. The van der Waals surface area contributed by atoms with Gasteiger partial charge in [0.05, 0.1) is 28.9 Å². The molecule has 2 aliphatic heterocycles. The summed E-state index contributed by atoms with van der Waals surface area (Å²) in [7, 11) is 0. The lowest BCUT2D eigenvalue weighted by Gasteiger charge is -2.13. The van der Waals surface area contributed by atoms with Crippen LogP contribution >= 0.6 is 11.8 Å². The number of carbonyl (C=O) groups excluding carboxylic acids is 1. The minimum Gasteiger partial charge on any atom is -0.272 e. The maximum Gasteiger partial charge on any atom is 0.257 e. The Morgan fingerprint density at radius 1 is 1.41 bits per heavy atom. The second kappa shape index (κ2) is 3.90. The molecule has 3 rings (SSSR count). The van der Waals surface area contributed by atoms with E-state index < -0.39 is 0 Å². The Labute approximate surface area is 103 Å². The third kappa shape index (κ3) is 1.61. The molecule has 0 spiro atoms. The molecule has 2 aliphatic rings. The fraction of sp³-hybridized carbons (Fsp3) is 0.250. The number of fused-ring (bicyclic) bond motifs is 1. The van der Waals surface area contributed by atoms with Crippen molar-refractivity contribution < 1.29 is 4.79 Å². The minimum atomic E-state index is -0.0318. The summed E-state index contributed by atoms with van der Waals surface area (Å²) in [6.07, 6.45) is 0. The first-order valence-electron chi connectivity index (χ1n) is 5.29. The summed E-state index contributed by atoms with van der Waals surface area (Å²) >= 11 is 1.75. The van der Waals surface area contributed by atoms with Crippen molar-refractivity contribution in [1.82, 2.24) is 0 Å². The van der Waals surface area contributed by atoms with Crippen molar-refractivity contribution in [2.45, 2.75) is 0 Å². The normalized spacial score (nSPS) is 22.3. The van der Waals surface area contributed by atoms with Crippen LogP contribution in [0.5, 0.6) is 0 Å². The lowest BCUT2D eigenvalue weighted by Crippen LogP contribution is -2.27. The van der Waals surface area contributed by atoms with E-state index in [9.17, 15) is 4.79 Å². The summed E-state index contributed by atoms with van der Waals surface area (Å²) in [5.74, 6) is 1.71. The van der Waals surface area contributed by atoms with Crippen molar-refractivity contribution in [2.24, 2.45) is 11.0 Å². The Morgan fingerprint density at radius 3 is 2.82 bits per heavy atom. The molecule has 1 aromatic carbocycles. The van der Waals surface area contributed by atoms with E-state index >= 15 is 0 Å². The number of anilines is 1. The van der Waals surface area contributed by atoms with Gasteiger partial charge in [-0.25, -0.2) is 5.01 Å². The molecule has 5 heteroatoms. The molecule has 0 N–H and O–H groups in total. The SMILES string of the molecule is N#Cc1ccc(N2N=C3CSCC3C2=O)cc1. The predicted octanol–water partition coefficient (Wildman–Crippen LogP) is 1.62. The number of nitriles is 1.